The summed E-state index contributed by atoms with van der Waals surface area (Å²) in [6, 6.07) is 11.2. The number of hydrogen-bond acceptors (Lipinski definition) is 4. The number of phenols is 1. The molecule has 0 radical (unpaired) electrons. The van der Waals surface area contributed by atoms with Gasteiger partial charge in [-0.25, -0.2) is 0 Å². The minimum atomic E-state index is 0.132. The summed E-state index contributed by atoms with van der Waals surface area (Å²) >= 11 is 5.87. The number of hydrogen-bond donors (Lipinski definition) is 2. The van der Waals surface area contributed by atoms with Crippen molar-refractivity contribution in [3.8, 4) is 17.2 Å². The Labute approximate surface area is 121 Å². The van der Waals surface area contributed by atoms with E-state index in [9.17, 15) is 5.11 Å². The largest absolute Gasteiger partial charge is 0.506 e. The number of phenolic OH excluding ortho intramolecular Hbond substituents is 1. The lowest BCUT2D eigenvalue weighted by molar-refractivity contribution is 0.174. The standard InChI is InChI=1S/C15H14ClNO3/c16-12-3-1-2-11(15(12)18)8-17-7-10-4-5-13-14(6-10)20-9-19-13/h1-6,17-18H,7-9H2. The molecule has 0 amide bonds. The molecular weight excluding hydrogens is 278 g/mol. The van der Waals surface area contributed by atoms with Gasteiger partial charge in [-0.3, -0.25) is 0 Å². The third kappa shape index (κ3) is 2.66. The van der Waals surface area contributed by atoms with Crippen molar-refractivity contribution in [2.24, 2.45) is 0 Å². The van der Waals surface area contributed by atoms with Crippen LogP contribution in [0.4, 0.5) is 0 Å². The minimum absolute atomic E-state index is 0.132. The summed E-state index contributed by atoms with van der Waals surface area (Å²) in [7, 11) is 0. The van der Waals surface area contributed by atoms with Gasteiger partial charge in [0.05, 0.1) is 5.02 Å². The second kappa shape index (κ2) is 5.61. The molecule has 0 saturated carbocycles. The molecule has 0 unspecified atom stereocenters. The number of aromatic hydroxyl groups is 1. The minimum Gasteiger partial charge on any atom is -0.506 e. The lowest BCUT2D eigenvalue weighted by Crippen LogP contribution is -2.12. The summed E-state index contributed by atoms with van der Waals surface area (Å²) < 4.78 is 10.6. The molecule has 1 aliphatic rings. The number of nitrogens with one attached hydrogen (secondary N) is 1. The SMILES string of the molecule is Oc1c(Cl)cccc1CNCc1ccc2c(c1)OCO2. The molecule has 0 spiro atoms. The zero-order valence-corrected chi connectivity index (χ0v) is 11.5. The van der Waals surface area contributed by atoms with Crippen LogP contribution in [0.25, 0.3) is 0 Å². The maximum atomic E-state index is 9.81. The van der Waals surface area contributed by atoms with E-state index < -0.39 is 0 Å². The summed E-state index contributed by atoms with van der Waals surface area (Å²) in [6.07, 6.45) is 0. The Morgan fingerprint density at radius 1 is 1.10 bits per heavy atom. The van der Waals surface area contributed by atoms with E-state index in [1.807, 2.05) is 30.3 Å². The Balaban J connectivity index is 1.61. The van der Waals surface area contributed by atoms with Crippen molar-refractivity contribution in [2.45, 2.75) is 13.1 Å². The highest BCUT2D eigenvalue weighted by Crippen LogP contribution is 2.32. The number of ether oxygens (including phenoxy) is 2. The van der Waals surface area contributed by atoms with E-state index in [1.54, 1.807) is 6.07 Å². The molecule has 2 aromatic rings. The lowest BCUT2D eigenvalue weighted by atomic mass is 10.1. The van der Waals surface area contributed by atoms with Gasteiger partial charge >= 0.3 is 0 Å². The second-order valence-electron chi connectivity index (χ2n) is 4.54. The molecule has 1 aliphatic heterocycles. The van der Waals surface area contributed by atoms with Crippen molar-refractivity contribution in [1.29, 1.82) is 0 Å². The van der Waals surface area contributed by atoms with E-state index in [0.717, 1.165) is 22.6 Å². The van der Waals surface area contributed by atoms with Crippen LogP contribution in [0, 0.1) is 0 Å². The quantitative estimate of drug-likeness (QED) is 0.909. The Kier molecular flexibility index (Phi) is 3.67. The molecule has 4 nitrogen and oxygen atoms in total. The molecule has 20 heavy (non-hydrogen) atoms. The average Bonchev–Trinajstić information content (AvgIpc) is 2.91. The van der Waals surface area contributed by atoms with Crippen LogP contribution in [0.5, 0.6) is 17.2 Å². The third-order valence-corrected chi connectivity index (χ3v) is 3.46. The molecule has 0 saturated heterocycles. The average molecular weight is 292 g/mol. The van der Waals surface area contributed by atoms with Crippen molar-refractivity contribution in [3.63, 3.8) is 0 Å². The van der Waals surface area contributed by atoms with Crippen LogP contribution in [0.2, 0.25) is 5.02 Å². The molecule has 2 N–H and O–H groups in total. The van der Waals surface area contributed by atoms with Crippen molar-refractivity contribution in [3.05, 3.63) is 52.5 Å². The third-order valence-electron chi connectivity index (χ3n) is 3.15. The van der Waals surface area contributed by atoms with Gasteiger partial charge in [0, 0.05) is 18.7 Å². The van der Waals surface area contributed by atoms with Gasteiger partial charge in [-0.1, -0.05) is 29.8 Å². The van der Waals surface area contributed by atoms with E-state index in [1.165, 1.54) is 0 Å². The first-order chi connectivity index (χ1) is 9.74. The summed E-state index contributed by atoms with van der Waals surface area (Å²) in [5, 5.41) is 13.4. The molecule has 0 aliphatic carbocycles. The van der Waals surface area contributed by atoms with Gasteiger partial charge in [-0.2, -0.15) is 0 Å². The van der Waals surface area contributed by atoms with Gasteiger partial charge in [-0.05, 0) is 23.8 Å². The normalized spacial score (nSPS) is 12.7. The monoisotopic (exact) mass is 291 g/mol. The van der Waals surface area contributed by atoms with Crippen molar-refractivity contribution in [1.82, 2.24) is 5.32 Å². The Bertz CT molecular complexity index is 631. The first-order valence-electron chi connectivity index (χ1n) is 6.29. The molecule has 5 heteroatoms. The fourth-order valence-corrected chi connectivity index (χ4v) is 2.29. The topological polar surface area (TPSA) is 50.7 Å². The summed E-state index contributed by atoms with van der Waals surface area (Å²) in [5.74, 6) is 1.68. The molecule has 0 aromatic heterocycles. The Hall–Kier alpha value is -1.91. The summed E-state index contributed by atoms with van der Waals surface area (Å²) in [4.78, 5) is 0. The van der Waals surface area contributed by atoms with Crippen molar-refractivity contribution < 1.29 is 14.6 Å². The van der Waals surface area contributed by atoms with E-state index in [-0.39, 0.29) is 12.5 Å². The maximum Gasteiger partial charge on any atom is 0.231 e. The zero-order valence-electron chi connectivity index (χ0n) is 10.7. The van der Waals surface area contributed by atoms with Crippen LogP contribution in [-0.4, -0.2) is 11.9 Å². The molecule has 1 heterocycles. The number of fused-ring (bicyclic) bond motifs is 1. The molecule has 0 fully saturated rings. The van der Waals surface area contributed by atoms with Crippen LogP contribution in [0.1, 0.15) is 11.1 Å². The van der Waals surface area contributed by atoms with Crippen LogP contribution < -0.4 is 14.8 Å². The predicted molar refractivity (Wildman–Crippen MR) is 76.2 cm³/mol. The predicted octanol–water partition coefficient (Wildman–Crippen LogP) is 3.06. The first-order valence-corrected chi connectivity index (χ1v) is 6.67. The molecule has 3 rings (SSSR count). The highest BCUT2D eigenvalue weighted by Gasteiger charge is 2.13. The van der Waals surface area contributed by atoms with Crippen LogP contribution in [0.15, 0.2) is 36.4 Å². The molecular formula is C15H14ClNO3. The van der Waals surface area contributed by atoms with Gasteiger partial charge in [0.1, 0.15) is 5.75 Å². The van der Waals surface area contributed by atoms with Crippen LogP contribution in [0.3, 0.4) is 0 Å². The van der Waals surface area contributed by atoms with E-state index in [0.29, 0.717) is 18.1 Å². The molecule has 0 bridgehead atoms. The highest BCUT2D eigenvalue weighted by atomic mass is 35.5. The van der Waals surface area contributed by atoms with Crippen molar-refractivity contribution >= 4 is 11.6 Å². The van der Waals surface area contributed by atoms with Gasteiger partial charge in [-0.15, -0.1) is 0 Å². The van der Waals surface area contributed by atoms with E-state index in [2.05, 4.69) is 5.32 Å². The van der Waals surface area contributed by atoms with Gasteiger partial charge < -0.3 is 19.9 Å². The zero-order chi connectivity index (χ0) is 13.9. The molecule has 104 valence electrons. The van der Waals surface area contributed by atoms with Gasteiger partial charge in [0.15, 0.2) is 11.5 Å². The van der Waals surface area contributed by atoms with E-state index in [4.69, 9.17) is 21.1 Å². The Morgan fingerprint density at radius 2 is 1.95 bits per heavy atom. The lowest BCUT2D eigenvalue weighted by Gasteiger charge is -2.08. The second-order valence-corrected chi connectivity index (χ2v) is 4.95. The highest BCUT2D eigenvalue weighted by molar-refractivity contribution is 6.32. The number of benzene rings is 2. The Morgan fingerprint density at radius 3 is 2.85 bits per heavy atom. The summed E-state index contributed by atoms with van der Waals surface area (Å²) in [6.45, 7) is 1.49. The maximum absolute atomic E-state index is 9.81. The first kappa shape index (κ1) is 13.1. The van der Waals surface area contributed by atoms with Gasteiger partial charge in [0.2, 0.25) is 6.79 Å². The fourth-order valence-electron chi connectivity index (χ4n) is 2.10. The van der Waals surface area contributed by atoms with E-state index >= 15 is 0 Å². The fraction of sp³-hybridized carbons (Fsp3) is 0.200. The molecule has 2 aromatic carbocycles. The number of rotatable bonds is 4. The smallest absolute Gasteiger partial charge is 0.231 e. The van der Waals surface area contributed by atoms with Gasteiger partial charge in [0.25, 0.3) is 0 Å². The number of halogens is 1. The number of para-hydroxylation sites is 1. The van der Waals surface area contributed by atoms with Crippen LogP contribution in [-0.2, 0) is 13.1 Å². The molecule has 0 atom stereocenters. The van der Waals surface area contributed by atoms with Crippen LogP contribution >= 0.6 is 11.6 Å². The van der Waals surface area contributed by atoms with Crippen molar-refractivity contribution in [2.75, 3.05) is 6.79 Å². The summed E-state index contributed by atoms with van der Waals surface area (Å²) in [5.41, 5.74) is 1.87.